The number of sulfonamides is 1. The van der Waals surface area contributed by atoms with Crippen molar-refractivity contribution < 1.29 is 17.6 Å². The summed E-state index contributed by atoms with van der Waals surface area (Å²) in [6, 6.07) is 9.14. The Morgan fingerprint density at radius 1 is 1.21 bits per heavy atom. The summed E-state index contributed by atoms with van der Waals surface area (Å²) in [4.78, 5) is 11.9. The van der Waals surface area contributed by atoms with Crippen molar-refractivity contribution in [3.8, 4) is 0 Å². The SMILES string of the molecule is CCCNS(=O)(=O)c1ccc(NC(=S)NC(=O)c2ccco2)cc1. The van der Waals surface area contributed by atoms with Gasteiger partial charge < -0.3 is 9.73 Å². The molecule has 1 heterocycles. The molecule has 9 heteroatoms. The van der Waals surface area contributed by atoms with E-state index in [1.807, 2.05) is 6.92 Å². The number of furan rings is 1. The van der Waals surface area contributed by atoms with E-state index in [0.717, 1.165) is 0 Å². The van der Waals surface area contributed by atoms with Crippen LogP contribution < -0.4 is 15.4 Å². The number of rotatable bonds is 6. The summed E-state index contributed by atoms with van der Waals surface area (Å²) in [7, 11) is -3.51. The van der Waals surface area contributed by atoms with E-state index in [1.54, 1.807) is 18.2 Å². The minimum atomic E-state index is -3.51. The van der Waals surface area contributed by atoms with Gasteiger partial charge in [0.15, 0.2) is 10.9 Å². The summed E-state index contributed by atoms with van der Waals surface area (Å²) in [6.07, 6.45) is 2.10. The highest BCUT2D eigenvalue weighted by Crippen LogP contribution is 2.14. The number of anilines is 1. The van der Waals surface area contributed by atoms with Gasteiger partial charge in [0.25, 0.3) is 5.91 Å². The van der Waals surface area contributed by atoms with Gasteiger partial charge in [0.1, 0.15) is 0 Å². The van der Waals surface area contributed by atoms with E-state index in [0.29, 0.717) is 18.7 Å². The molecule has 0 saturated heterocycles. The molecule has 0 bridgehead atoms. The molecular weight excluding hydrogens is 350 g/mol. The third-order valence-corrected chi connectivity index (χ3v) is 4.62. The first-order chi connectivity index (χ1) is 11.4. The Morgan fingerprint density at radius 3 is 2.50 bits per heavy atom. The molecule has 3 N–H and O–H groups in total. The quantitative estimate of drug-likeness (QED) is 0.676. The van der Waals surface area contributed by atoms with E-state index in [4.69, 9.17) is 16.6 Å². The number of hydrogen-bond acceptors (Lipinski definition) is 5. The van der Waals surface area contributed by atoms with Crippen LogP contribution in [0.2, 0.25) is 0 Å². The van der Waals surface area contributed by atoms with Crippen molar-refractivity contribution in [1.29, 1.82) is 0 Å². The largest absolute Gasteiger partial charge is 0.459 e. The molecule has 0 unspecified atom stereocenters. The number of carbonyl (C=O) groups excluding carboxylic acids is 1. The van der Waals surface area contributed by atoms with Gasteiger partial charge in [0.2, 0.25) is 10.0 Å². The van der Waals surface area contributed by atoms with Crippen molar-refractivity contribution in [2.24, 2.45) is 0 Å². The van der Waals surface area contributed by atoms with Gasteiger partial charge in [0.05, 0.1) is 11.2 Å². The fraction of sp³-hybridized carbons (Fsp3) is 0.200. The zero-order valence-electron chi connectivity index (χ0n) is 12.9. The van der Waals surface area contributed by atoms with Crippen molar-refractivity contribution in [2.75, 3.05) is 11.9 Å². The van der Waals surface area contributed by atoms with Crippen LogP contribution in [0.4, 0.5) is 5.69 Å². The minimum Gasteiger partial charge on any atom is -0.459 e. The number of amides is 1. The molecule has 0 saturated carbocycles. The van der Waals surface area contributed by atoms with Gasteiger partial charge in [0, 0.05) is 12.2 Å². The van der Waals surface area contributed by atoms with E-state index >= 15 is 0 Å². The fourth-order valence-electron chi connectivity index (χ4n) is 1.77. The van der Waals surface area contributed by atoms with Crippen LogP contribution in [-0.4, -0.2) is 26.0 Å². The van der Waals surface area contributed by atoms with E-state index in [9.17, 15) is 13.2 Å². The Labute approximate surface area is 145 Å². The molecule has 1 aromatic carbocycles. The Bertz CT molecular complexity index is 800. The van der Waals surface area contributed by atoms with E-state index < -0.39 is 15.9 Å². The van der Waals surface area contributed by atoms with Crippen molar-refractivity contribution in [3.63, 3.8) is 0 Å². The summed E-state index contributed by atoms with van der Waals surface area (Å²) in [5.74, 6) is -0.331. The number of nitrogens with one attached hydrogen (secondary N) is 3. The Balaban J connectivity index is 1.96. The van der Waals surface area contributed by atoms with Crippen LogP contribution in [0.25, 0.3) is 0 Å². The summed E-state index contributed by atoms with van der Waals surface area (Å²) in [6.45, 7) is 2.26. The standard InChI is InChI=1S/C15H17N3O4S2/c1-2-9-16-24(20,21)12-7-5-11(6-8-12)17-15(23)18-14(19)13-4-3-10-22-13/h3-8,10,16H,2,9H2,1H3,(H2,17,18,19,23). The van der Waals surface area contributed by atoms with E-state index in [2.05, 4.69) is 15.4 Å². The number of thiocarbonyl (C=S) groups is 1. The van der Waals surface area contributed by atoms with Gasteiger partial charge in [-0.3, -0.25) is 10.1 Å². The van der Waals surface area contributed by atoms with Gasteiger partial charge in [-0.25, -0.2) is 13.1 Å². The topological polar surface area (TPSA) is 100 Å². The molecule has 24 heavy (non-hydrogen) atoms. The molecule has 0 spiro atoms. The van der Waals surface area contributed by atoms with E-state index in [-0.39, 0.29) is 15.8 Å². The molecule has 128 valence electrons. The normalized spacial score (nSPS) is 11.0. The van der Waals surface area contributed by atoms with Crippen molar-refractivity contribution in [1.82, 2.24) is 10.0 Å². The van der Waals surface area contributed by atoms with Gasteiger partial charge in [-0.1, -0.05) is 6.92 Å². The van der Waals surface area contributed by atoms with Crippen LogP contribution in [0, 0.1) is 0 Å². The molecule has 0 atom stereocenters. The maximum Gasteiger partial charge on any atom is 0.293 e. The maximum atomic E-state index is 12.0. The van der Waals surface area contributed by atoms with Crippen LogP contribution in [0.5, 0.6) is 0 Å². The molecule has 1 aromatic heterocycles. The average Bonchev–Trinajstić information content (AvgIpc) is 3.08. The second kappa shape index (κ2) is 8.04. The van der Waals surface area contributed by atoms with Crippen molar-refractivity contribution in [3.05, 3.63) is 48.4 Å². The Hall–Kier alpha value is -2.23. The first kappa shape index (κ1) is 18.1. The predicted molar refractivity (Wildman–Crippen MR) is 94.3 cm³/mol. The molecule has 0 fully saturated rings. The summed E-state index contributed by atoms with van der Waals surface area (Å²) < 4.78 is 31.4. The molecule has 0 aliphatic rings. The number of carbonyl (C=O) groups is 1. The Kier molecular flexibility index (Phi) is 6.07. The third-order valence-electron chi connectivity index (χ3n) is 2.94. The van der Waals surface area contributed by atoms with Gasteiger partial charge in [-0.2, -0.15) is 0 Å². The second-order valence-corrected chi connectivity index (χ2v) is 6.98. The highest BCUT2D eigenvalue weighted by atomic mass is 32.2. The summed E-state index contributed by atoms with van der Waals surface area (Å²) >= 11 is 5.03. The number of benzene rings is 1. The minimum absolute atomic E-state index is 0.0797. The van der Waals surface area contributed by atoms with Crippen LogP contribution >= 0.6 is 12.2 Å². The van der Waals surface area contributed by atoms with Crippen LogP contribution in [-0.2, 0) is 10.0 Å². The van der Waals surface area contributed by atoms with E-state index in [1.165, 1.54) is 24.5 Å². The summed E-state index contributed by atoms with van der Waals surface area (Å²) in [5, 5.41) is 5.34. The first-order valence-electron chi connectivity index (χ1n) is 7.18. The predicted octanol–water partition coefficient (Wildman–Crippen LogP) is 2.09. The van der Waals surface area contributed by atoms with Crippen molar-refractivity contribution in [2.45, 2.75) is 18.2 Å². The molecule has 2 aromatic rings. The van der Waals surface area contributed by atoms with Crippen LogP contribution in [0.1, 0.15) is 23.9 Å². The first-order valence-corrected chi connectivity index (χ1v) is 9.07. The Morgan fingerprint density at radius 2 is 1.92 bits per heavy atom. The monoisotopic (exact) mass is 367 g/mol. The van der Waals surface area contributed by atoms with Gasteiger partial charge in [-0.15, -0.1) is 0 Å². The average molecular weight is 367 g/mol. The summed E-state index contributed by atoms with van der Waals surface area (Å²) in [5.41, 5.74) is 0.550. The third kappa shape index (κ3) is 4.88. The zero-order valence-corrected chi connectivity index (χ0v) is 14.5. The van der Waals surface area contributed by atoms with Crippen molar-refractivity contribution >= 4 is 38.9 Å². The molecule has 0 aliphatic heterocycles. The highest BCUT2D eigenvalue weighted by molar-refractivity contribution is 7.89. The molecular formula is C15H17N3O4S2. The lowest BCUT2D eigenvalue weighted by Crippen LogP contribution is -2.33. The lowest BCUT2D eigenvalue weighted by Gasteiger charge is -2.10. The number of hydrogen-bond donors (Lipinski definition) is 3. The maximum absolute atomic E-state index is 12.0. The highest BCUT2D eigenvalue weighted by Gasteiger charge is 2.13. The van der Waals surface area contributed by atoms with Crippen LogP contribution in [0.15, 0.2) is 52.0 Å². The molecule has 7 nitrogen and oxygen atoms in total. The molecule has 2 rings (SSSR count). The molecule has 0 radical (unpaired) electrons. The van der Waals surface area contributed by atoms with Gasteiger partial charge >= 0.3 is 0 Å². The van der Waals surface area contributed by atoms with Gasteiger partial charge in [-0.05, 0) is 55.0 Å². The second-order valence-electron chi connectivity index (χ2n) is 4.81. The smallest absolute Gasteiger partial charge is 0.293 e. The fourth-order valence-corrected chi connectivity index (χ4v) is 3.12. The van der Waals surface area contributed by atoms with Crippen LogP contribution in [0.3, 0.4) is 0 Å². The lowest BCUT2D eigenvalue weighted by atomic mass is 10.3. The molecule has 1 amide bonds. The lowest BCUT2D eigenvalue weighted by molar-refractivity contribution is 0.0950. The molecule has 0 aliphatic carbocycles. The zero-order chi connectivity index (χ0) is 17.6.